The Morgan fingerprint density at radius 1 is 1.60 bits per heavy atom. The van der Waals surface area contributed by atoms with Gasteiger partial charge in [0.15, 0.2) is 0 Å². The third kappa shape index (κ3) is 10.9. The van der Waals surface area contributed by atoms with E-state index in [-0.39, 0.29) is 19.5 Å². The molecular formula is C3H6IZn-. The van der Waals surface area contributed by atoms with Gasteiger partial charge >= 0.3 is 0 Å². The van der Waals surface area contributed by atoms with E-state index < -0.39 is 0 Å². The summed E-state index contributed by atoms with van der Waals surface area (Å²) in [5.74, 6) is 0. The molecule has 0 aromatic carbocycles. The maximum atomic E-state index is 3.60. The Bertz CT molecular complexity index is 8.85. The molecule has 0 saturated heterocycles. The molecule has 0 N–H and O–H groups in total. The van der Waals surface area contributed by atoms with E-state index in [1.807, 2.05) is 0 Å². The van der Waals surface area contributed by atoms with Gasteiger partial charge in [-0.2, -0.15) is 6.42 Å². The Morgan fingerprint density at radius 2 is 1.80 bits per heavy atom. The van der Waals surface area contributed by atoms with Gasteiger partial charge in [-0.25, -0.2) is 0 Å². The van der Waals surface area contributed by atoms with Crippen LogP contribution < -0.4 is 0 Å². The Kier molecular flexibility index (Phi) is 17.3. The monoisotopic (exact) mass is 233 g/mol. The van der Waals surface area contributed by atoms with Crippen molar-refractivity contribution in [2.24, 2.45) is 0 Å². The van der Waals surface area contributed by atoms with E-state index >= 15 is 0 Å². The van der Waals surface area contributed by atoms with Crippen molar-refractivity contribution in [2.75, 3.05) is 4.43 Å². The van der Waals surface area contributed by atoms with E-state index in [0.29, 0.717) is 0 Å². The predicted octanol–water partition coefficient (Wildman–Crippen LogP) is 1.64. The van der Waals surface area contributed by atoms with E-state index in [1.165, 1.54) is 4.43 Å². The molecule has 28 valence electrons. The van der Waals surface area contributed by atoms with Gasteiger partial charge in [-0.1, -0.05) is 22.6 Å². The number of hydrogen-bond acceptors (Lipinski definition) is 0. The molecule has 5 heavy (non-hydrogen) atoms. The zero-order valence-electron chi connectivity index (χ0n) is 3.21. The summed E-state index contributed by atoms with van der Waals surface area (Å²) in [6.45, 7) is 3.60. The number of hydrogen-bond donors (Lipinski definition) is 0. The van der Waals surface area contributed by atoms with Crippen molar-refractivity contribution >= 4 is 22.6 Å². The maximum Gasteiger partial charge on any atom is 0 e. The largest absolute Gasteiger partial charge is 0.343 e. The van der Waals surface area contributed by atoms with Crippen LogP contribution in [0.25, 0.3) is 0 Å². The molecule has 0 bridgehead atoms. The second kappa shape index (κ2) is 9.02. The molecule has 0 atom stereocenters. The number of rotatable bonds is 1. The molecular weight excluding hydrogens is 228 g/mol. The third-order valence-electron chi connectivity index (χ3n) is 0.134. The van der Waals surface area contributed by atoms with Crippen LogP contribution in [0.4, 0.5) is 0 Å². The Balaban J connectivity index is 0. The van der Waals surface area contributed by atoms with Crippen LogP contribution in [0.15, 0.2) is 0 Å². The quantitative estimate of drug-likeness (QED) is 0.280. The summed E-state index contributed by atoms with van der Waals surface area (Å²) >= 11 is 2.29. The Morgan fingerprint density at radius 3 is 1.80 bits per heavy atom. The second-order valence-electron chi connectivity index (χ2n) is 0.543. The fourth-order valence-electron chi connectivity index (χ4n) is 0. The van der Waals surface area contributed by atoms with Gasteiger partial charge in [0.1, 0.15) is 0 Å². The fourth-order valence-corrected chi connectivity index (χ4v) is 0. The summed E-state index contributed by atoms with van der Waals surface area (Å²) in [5.41, 5.74) is 0. The average Bonchev–Trinajstić information content (AvgIpc) is 1.37. The van der Waals surface area contributed by atoms with Crippen molar-refractivity contribution in [3.63, 3.8) is 0 Å². The first-order valence-corrected chi connectivity index (χ1v) is 2.79. The van der Waals surface area contributed by atoms with Crippen LogP contribution in [0.2, 0.25) is 0 Å². The van der Waals surface area contributed by atoms with Gasteiger partial charge in [0, 0.05) is 19.5 Å². The Labute approximate surface area is 59.6 Å². The van der Waals surface area contributed by atoms with E-state index in [9.17, 15) is 0 Å². The van der Waals surface area contributed by atoms with Crippen molar-refractivity contribution in [2.45, 2.75) is 6.42 Å². The second-order valence-corrected chi connectivity index (χ2v) is 1.62. The minimum atomic E-state index is 0. The molecule has 0 aliphatic rings. The number of alkyl halides is 1. The van der Waals surface area contributed by atoms with Crippen LogP contribution in [0.3, 0.4) is 0 Å². The molecule has 0 aliphatic heterocycles. The van der Waals surface area contributed by atoms with E-state index in [0.717, 1.165) is 6.42 Å². The topological polar surface area (TPSA) is 0 Å². The van der Waals surface area contributed by atoms with Crippen LogP contribution in [-0.2, 0) is 19.5 Å². The van der Waals surface area contributed by atoms with Crippen molar-refractivity contribution in [1.29, 1.82) is 0 Å². The molecule has 0 fully saturated rings. The predicted molar refractivity (Wildman–Crippen MR) is 28.9 cm³/mol. The molecule has 0 aromatic heterocycles. The zero-order valence-corrected chi connectivity index (χ0v) is 8.33. The van der Waals surface area contributed by atoms with Gasteiger partial charge in [0.25, 0.3) is 0 Å². The van der Waals surface area contributed by atoms with Crippen LogP contribution in [0.5, 0.6) is 0 Å². The van der Waals surface area contributed by atoms with Crippen molar-refractivity contribution in [3.8, 4) is 0 Å². The first kappa shape index (κ1) is 9.61. The third-order valence-corrected chi connectivity index (χ3v) is 0.896. The smallest absolute Gasteiger partial charge is 0 e. The summed E-state index contributed by atoms with van der Waals surface area (Å²) in [6, 6.07) is 0. The molecule has 0 spiro atoms. The van der Waals surface area contributed by atoms with Crippen molar-refractivity contribution in [3.05, 3.63) is 6.92 Å². The summed E-state index contributed by atoms with van der Waals surface area (Å²) in [4.78, 5) is 0. The summed E-state index contributed by atoms with van der Waals surface area (Å²) in [6.07, 6.45) is 1.06. The zero-order chi connectivity index (χ0) is 3.41. The molecule has 0 amide bonds. The molecule has 0 aromatic rings. The van der Waals surface area contributed by atoms with Gasteiger partial charge in [0.2, 0.25) is 0 Å². The van der Waals surface area contributed by atoms with E-state index in [1.54, 1.807) is 0 Å². The van der Waals surface area contributed by atoms with Crippen molar-refractivity contribution < 1.29 is 19.5 Å². The average molecular weight is 234 g/mol. The molecule has 0 aliphatic carbocycles. The minimum absolute atomic E-state index is 0. The molecule has 0 nitrogen and oxygen atoms in total. The summed E-state index contributed by atoms with van der Waals surface area (Å²) in [5, 5.41) is 0. The molecule has 0 unspecified atom stereocenters. The van der Waals surface area contributed by atoms with E-state index in [2.05, 4.69) is 29.5 Å². The maximum absolute atomic E-state index is 3.60. The first-order chi connectivity index (χ1) is 1.91. The molecule has 0 heterocycles. The molecule has 2 heteroatoms. The van der Waals surface area contributed by atoms with Crippen LogP contribution in [0, 0.1) is 6.92 Å². The Hall–Kier alpha value is 1.35. The van der Waals surface area contributed by atoms with Crippen LogP contribution in [-0.4, -0.2) is 4.43 Å². The van der Waals surface area contributed by atoms with Crippen LogP contribution >= 0.6 is 22.6 Å². The normalized spacial score (nSPS) is 6.00. The van der Waals surface area contributed by atoms with Gasteiger partial charge in [0.05, 0.1) is 0 Å². The SMILES string of the molecule is [CH2-]CCI.[Zn]. The van der Waals surface area contributed by atoms with Crippen molar-refractivity contribution in [1.82, 2.24) is 0 Å². The fraction of sp³-hybridized carbons (Fsp3) is 0.667. The van der Waals surface area contributed by atoms with Gasteiger partial charge in [-0.05, 0) is 4.43 Å². The van der Waals surface area contributed by atoms with Gasteiger partial charge < -0.3 is 6.92 Å². The molecule has 0 saturated carbocycles. The van der Waals surface area contributed by atoms with Gasteiger partial charge in [-0.3, -0.25) is 0 Å². The standard InChI is InChI=1S/C3H6I.Zn/c1-2-3-4;/h1-3H2;/q-1;. The van der Waals surface area contributed by atoms with E-state index in [4.69, 9.17) is 0 Å². The number of halogens is 1. The summed E-state index contributed by atoms with van der Waals surface area (Å²) < 4.78 is 1.18. The first-order valence-electron chi connectivity index (χ1n) is 1.27. The molecule has 0 radical (unpaired) electrons. The van der Waals surface area contributed by atoms with Crippen LogP contribution in [0.1, 0.15) is 6.42 Å². The van der Waals surface area contributed by atoms with Gasteiger partial charge in [-0.15, -0.1) is 0 Å². The minimum Gasteiger partial charge on any atom is -0.343 e. The summed E-state index contributed by atoms with van der Waals surface area (Å²) in [7, 11) is 0. The molecule has 0 rings (SSSR count).